The minimum atomic E-state index is 0.550. The summed E-state index contributed by atoms with van der Waals surface area (Å²) >= 11 is 0. The van der Waals surface area contributed by atoms with Gasteiger partial charge in [0, 0.05) is 13.2 Å². The maximum Gasteiger partial charge on any atom is 0.0615 e. The van der Waals surface area contributed by atoms with Crippen molar-refractivity contribution in [3.63, 3.8) is 0 Å². The molecule has 0 bridgehead atoms. The zero-order chi connectivity index (χ0) is 11.8. The summed E-state index contributed by atoms with van der Waals surface area (Å²) in [5.41, 5.74) is 0. The Balaban J connectivity index is 2.13. The summed E-state index contributed by atoms with van der Waals surface area (Å²) < 4.78 is 5.21. The summed E-state index contributed by atoms with van der Waals surface area (Å²) in [6.07, 6.45) is 8.29. The number of hydrogen-bond donors (Lipinski definition) is 1. The first-order chi connectivity index (χ1) is 7.80. The Kier molecular flexibility index (Phi) is 7.06. The lowest BCUT2D eigenvalue weighted by molar-refractivity contribution is 0.157. The molecule has 0 aromatic rings. The fourth-order valence-electron chi connectivity index (χ4n) is 2.70. The van der Waals surface area contributed by atoms with E-state index in [1.54, 1.807) is 7.11 Å². The molecule has 1 rings (SSSR count). The van der Waals surface area contributed by atoms with Crippen molar-refractivity contribution in [1.82, 2.24) is 5.32 Å². The van der Waals surface area contributed by atoms with Crippen LogP contribution in [0.2, 0.25) is 0 Å². The number of nitrogens with one attached hydrogen (secondary N) is 1. The molecule has 1 N–H and O–H groups in total. The van der Waals surface area contributed by atoms with Gasteiger partial charge < -0.3 is 10.1 Å². The van der Waals surface area contributed by atoms with Gasteiger partial charge in [-0.1, -0.05) is 33.1 Å². The van der Waals surface area contributed by atoms with Crippen molar-refractivity contribution in [3.8, 4) is 0 Å². The van der Waals surface area contributed by atoms with Crippen molar-refractivity contribution in [2.75, 3.05) is 20.3 Å². The molecule has 0 saturated heterocycles. The Hall–Kier alpha value is -0.0800. The molecule has 0 amide bonds. The molecular weight excluding hydrogens is 198 g/mol. The van der Waals surface area contributed by atoms with Crippen molar-refractivity contribution in [2.24, 2.45) is 11.8 Å². The van der Waals surface area contributed by atoms with Crippen LogP contribution in [0.25, 0.3) is 0 Å². The van der Waals surface area contributed by atoms with Gasteiger partial charge in [0.05, 0.1) is 6.61 Å². The van der Waals surface area contributed by atoms with Crippen molar-refractivity contribution >= 4 is 0 Å². The van der Waals surface area contributed by atoms with E-state index in [0.29, 0.717) is 6.04 Å². The highest BCUT2D eigenvalue weighted by Crippen LogP contribution is 2.30. The largest absolute Gasteiger partial charge is 0.383 e. The molecule has 2 heteroatoms. The third-order valence-corrected chi connectivity index (χ3v) is 4.10. The van der Waals surface area contributed by atoms with Crippen LogP contribution in [-0.4, -0.2) is 26.3 Å². The lowest BCUT2D eigenvalue weighted by Crippen LogP contribution is -2.37. The normalized spacial score (nSPS) is 27.9. The standard InChI is InChI=1S/C14H29NO/c1-4-12-6-8-13(9-7-12)10-15-14(5-2)11-16-3/h12-15H,4-11H2,1-3H3. The van der Waals surface area contributed by atoms with E-state index in [4.69, 9.17) is 4.74 Å². The molecule has 1 aliphatic rings. The van der Waals surface area contributed by atoms with E-state index in [-0.39, 0.29) is 0 Å². The van der Waals surface area contributed by atoms with Crippen LogP contribution in [0.1, 0.15) is 52.4 Å². The summed E-state index contributed by atoms with van der Waals surface area (Å²) in [5.74, 6) is 1.92. The van der Waals surface area contributed by atoms with Crippen molar-refractivity contribution < 1.29 is 4.74 Å². The molecule has 1 unspecified atom stereocenters. The van der Waals surface area contributed by atoms with E-state index >= 15 is 0 Å². The first kappa shape index (κ1) is 14.0. The van der Waals surface area contributed by atoms with E-state index in [1.165, 1.54) is 38.6 Å². The molecule has 0 spiro atoms. The molecule has 0 aromatic heterocycles. The van der Waals surface area contributed by atoms with Crippen LogP contribution in [0.5, 0.6) is 0 Å². The summed E-state index contributed by atoms with van der Waals surface area (Å²) in [7, 11) is 1.79. The third-order valence-electron chi connectivity index (χ3n) is 4.10. The molecule has 0 radical (unpaired) electrons. The monoisotopic (exact) mass is 227 g/mol. The smallest absolute Gasteiger partial charge is 0.0615 e. The van der Waals surface area contributed by atoms with Crippen LogP contribution in [-0.2, 0) is 4.74 Å². The van der Waals surface area contributed by atoms with E-state index in [1.807, 2.05) is 0 Å². The fraction of sp³-hybridized carbons (Fsp3) is 1.00. The van der Waals surface area contributed by atoms with Gasteiger partial charge >= 0.3 is 0 Å². The van der Waals surface area contributed by atoms with Gasteiger partial charge in [-0.15, -0.1) is 0 Å². The number of ether oxygens (including phenoxy) is 1. The Bertz CT molecular complexity index is 164. The highest BCUT2D eigenvalue weighted by molar-refractivity contribution is 4.75. The summed E-state index contributed by atoms with van der Waals surface area (Å²) in [6, 6.07) is 0.550. The van der Waals surface area contributed by atoms with Gasteiger partial charge in [-0.25, -0.2) is 0 Å². The first-order valence-corrected chi connectivity index (χ1v) is 7.02. The number of methoxy groups -OCH3 is 1. The molecule has 1 atom stereocenters. The maximum absolute atomic E-state index is 5.21. The third kappa shape index (κ3) is 4.84. The van der Waals surface area contributed by atoms with Crippen molar-refractivity contribution in [2.45, 2.75) is 58.4 Å². The average molecular weight is 227 g/mol. The summed E-state index contributed by atoms with van der Waals surface area (Å²) in [6.45, 7) is 6.60. The summed E-state index contributed by atoms with van der Waals surface area (Å²) in [5, 5.41) is 3.65. The van der Waals surface area contributed by atoms with Crippen LogP contribution < -0.4 is 5.32 Å². The van der Waals surface area contributed by atoms with Crippen LogP contribution in [0, 0.1) is 11.8 Å². The van der Waals surface area contributed by atoms with E-state index in [2.05, 4.69) is 19.2 Å². The zero-order valence-corrected chi connectivity index (χ0v) is 11.3. The van der Waals surface area contributed by atoms with Gasteiger partial charge in [-0.05, 0) is 37.6 Å². The van der Waals surface area contributed by atoms with Crippen LogP contribution in [0.3, 0.4) is 0 Å². The Labute approximate surface area is 101 Å². The van der Waals surface area contributed by atoms with Gasteiger partial charge in [0.15, 0.2) is 0 Å². The minimum absolute atomic E-state index is 0.550. The lowest BCUT2D eigenvalue weighted by atomic mass is 9.81. The predicted molar refractivity (Wildman–Crippen MR) is 69.7 cm³/mol. The average Bonchev–Trinajstić information content (AvgIpc) is 2.35. The second-order valence-electron chi connectivity index (χ2n) is 5.26. The van der Waals surface area contributed by atoms with Gasteiger partial charge in [0.2, 0.25) is 0 Å². The number of rotatable bonds is 7. The van der Waals surface area contributed by atoms with E-state index in [9.17, 15) is 0 Å². The SMILES string of the molecule is CCC1CCC(CNC(CC)COC)CC1. The van der Waals surface area contributed by atoms with Crippen LogP contribution in [0.15, 0.2) is 0 Å². The second kappa shape index (κ2) is 8.08. The fourth-order valence-corrected chi connectivity index (χ4v) is 2.70. The molecule has 1 saturated carbocycles. The molecule has 0 heterocycles. The first-order valence-electron chi connectivity index (χ1n) is 7.02. The quantitative estimate of drug-likeness (QED) is 0.721. The van der Waals surface area contributed by atoms with Crippen LogP contribution in [0.4, 0.5) is 0 Å². The van der Waals surface area contributed by atoms with Crippen LogP contribution >= 0.6 is 0 Å². The molecule has 0 aromatic carbocycles. The maximum atomic E-state index is 5.21. The molecule has 0 aliphatic heterocycles. The van der Waals surface area contributed by atoms with E-state index < -0.39 is 0 Å². The molecule has 1 aliphatic carbocycles. The van der Waals surface area contributed by atoms with Gasteiger partial charge in [-0.2, -0.15) is 0 Å². The molecule has 96 valence electrons. The molecule has 1 fully saturated rings. The molecule has 16 heavy (non-hydrogen) atoms. The Morgan fingerprint density at radius 2 is 1.75 bits per heavy atom. The molecular formula is C14H29NO. The van der Waals surface area contributed by atoms with Gasteiger partial charge in [-0.3, -0.25) is 0 Å². The molecule has 2 nitrogen and oxygen atoms in total. The topological polar surface area (TPSA) is 21.3 Å². The van der Waals surface area contributed by atoms with Crippen molar-refractivity contribution in [3.05, 3.63) is 0 Å². The van der Waals surface area contributed by atoms with E-state index in [0.717, 1.165) is 24.9 Å². The predicted octanol–water partition coefficient (Wildman–Crippen LogP) is 3.22. The zero-order valence-electron chi connectivity index (χ0n) is 11.3. The second-order valence-corrected chi connectivity index (χ2v) is 5.26. The number of hydrogen-bond acceptors (Lipinski definition) is 2. The van der Waals surface area contributed by atoms with Gasteiger partial charge in [0.25, 0.3) is 0 Å². The Morgan fingerprint density at radius 3 is 2.25 bits per heavy atom. The van der Waals surface area contributed by atoms with Crippen molar-refractivity contribution in [1.29, 1.82) is 0 Å². The lowest BCUT2D eigenvalue weighted by Gasteiger charge is -2.29. The Morgan fingerprint density at radius 1 is 1.12 bits per heavy atom. The minimum Gasteiger partial charge on any atom is -0.383 e. The van der Waals surface area contributed by atoms with Gasteiger partial charge in [0.1, 0.15) is 0 Å². The highest BCUT2D eigenvalue weighted by atomic mass is 16.5. The highest BCUT2D eigenvalue weighted by Gasteiger charge is 2.20. The summed E-state index contributed by atoms with van der Waals surface area (Å²) in [4.78, 5) is 0.